The monoisotopic (exact) mass is 280 g/mol. The number of rotatable bonds is 2. The fourth-order valence-corrected chi connectivity index (χ4v) is 3.17. The minimum atomic E-state index is 0.526. The van der Waals surface area contributed by atoms with Crippen molar-refractivity contribution in [3.63, 3.8) is 0 Å². The molecule has 108 valence electrons. The Hall–Kier alpha value is -2.28. The van der Waals surface area contributed by atoms with Crippen LogP contribution in [0.3, 0.4) is 0 Å². The Morgan fingerprint density at radius 3 is 2.48 bits per heavy atom. The van der Waals surface area contributed by atoms with E-state index >= 15 is 0 Å². The van der Waals surface area contributed by atoms with Gasteiger partial charge in [0, 0.05) is 18.5 Å². The molecule has 0 bridgehead atoms. The van der Waals surface area contributed by atoms with Gasteiger partial charge >= 0.3 is 0 Å². The molecule has 1 aliphatic rings. The molecular formula is C17H20N4. The lowest BCUT2D eigenvalue weighted by atomic mass is 9.89. The van der Waals surface area contributed by atoms with E-state index in [1.54, 1.807) is 0 Å². The van der Waals surface area contributed by atoms with Crippen molar-refractivity contribution in [2.24, 2.45) is 7.05 Å². The van der Waals surface area contributed by atoms with E-state index in [1.807, 2.05) is 35.9 Å². The molecule has 1 heterocycles. The van der Waals surface area contributed by atoms with Gasteiger partial charge in [0.25, 0.3) is 0 Å². The summed E-state index contributed by atoms with van der Waals surface area (Å²) < 4.78 is 2.03. The van der Waals surface area contributed by atoms with E-state index < -0.39 is 0 Å². The van der Waals surface area contributed by atoms with Crippen molar-refractivity contribution in [2.75, 3.05) is 5.73 Å². The number of nitrogens with zero attached hydrogens (tertiary/aromatic N) is 3. The van der Waals surface area contributed by atoms with E-state index in [0.29, 0.717) is 17.3 Å². The molecule has 4 heteroatoms. The predicted molar refractivity (Wildman–Crippen MR) is 83.6 cm³/mol. The molecule has 0 radical (unpaired) electrons. The molecule has 1 saturated carbocycles. The molecule has 1 aliphatic carbocycles. The molecule has 21 heavy (non-hydrogen) atoms. The molecule has 0 unspecified atom stereocenters. The van der Waals surface area contributed by atoms with Crippen molar-refractivity contribution >= 4 is 5.82 Å². The molecule has 0 spiro atoms. The quantitative estimate of drug-likeness (QED) is 0.914. The van der Waals surface area contributed by atoms with E-state index in [4.69, 9.17) is 16.0 Å². The summed E-state index contributed by atoms with van der Waals surface area (Å²) in [6.07, 6.45) is 6.31. The third-order valence-corrected chi connectivity index (χ3v) is 4.43. The Morgan fingerprint density at radius 1 is 1.19 bits per heavy atom. The summed E-state index contributed by atoms with van der Waals surface area (Å²) in [6, 6.07) is 9.59. The molecule has 1 aromatic heterocycles. The van der Waals surface area contributed by atoms with E-state index in [9.17, 15) is 0 Å². The first-order valence-electron chi connectivity index (χ1n) is 7.53. The number of hydrogen-bond donors (Lipinski definition) is 1. The van der Waals surface area contributed by atoms with Gasteiger partial charge in [-0.2, -0.15) is 5.26 Å². The van der Waals surface area contributed by atoms with E-state index in [-0.39, 0.29) is 0 Å². The molecular weight excluding hydrogens is 260 g/mol. The first kappa shape index (κ1) is 13.7. The molecule has 0 saturated heterocycles. The smallest absolute Gasteiger partial charge is 0.131 e. The van der Waals surface area contributed by atoms with Crippen molar-refractivity contribution in [1.29, 1.82) is 5.26 Å². The van der Waals surface area contributed by atoms with E-state index in [1.165, 1.54) is 32.1 Å². The highest BCUT2D eigenvalue weighted by atomic mass is 15.1. The molecule has 4 nitrogen and oxygen atoms in total. The number of anilines is 1. The van der Waals surface area contributed by atoms with Crippen LogP contribution >= 0.6 is 0 Å². The van der Waals surface area contributed by atoms with Crippen LogP contribution in [0.15, 0.2) is 24.3 Å². The number of hydrogen-bond acceptors (Lipinski definition) is 3. The lowest BCUT2D eigenvalue weighted by molar-refractivity contribution is 0.422. The zero-order valence-corrected chi connectivity index (χ0v) is 12.3. The third kappa shape index (κ3) is 2.52. The van der Waals surface area contributed by atoms with Gasteiger partial charge in [0.1, 0.15) is 17.3 Å². The van der Waals surface area contributed by atoms with Crippen LogP contribution in [0.4, 0.5) is 5.82 Å². The van der Waals surface area contributed by atoms with Gasteiger partial charge in [-0.05, 0) is 25.0 Å². The number of imidazole rings is 1. The zero-order valence-electron chi connectivity index (χ0n) is 12.3. The normalized spacial score (nSPS) is 15.8. The van der Waals surface area contributed by atoms with Crippen LogP contribution in [-0.2, 0) is 7.05 Å². The SMILES string of the molecule is Cn1c(C2CCCCC2)nc(-c2ccc(C#N)cc2)c1N. The molecule has 3 rings (SSSR count). The van der Waals surface area contributed by atoms with Gasteiger partial charge in [-0.1, -0.05) is 31.4 Å². The Morgan fingerprint density at radius 2 is 1.86 bits per heavy atom. The van der Waals surface area contributed by atoms with Gasteiger partial charge in [0.2, 0.25) is 0 Å². The van der Waals surface area contributed by atoms with Gasteiger partial charge in [-0.25, -0.2) is 4.98 Å². The molecule has 1 aromatic carbocycles. The molecule has 0 atom stereocenters. The predicted octanol–water partition coefficient (Wildman–Crippen LogP) is 3.59. The Balaban J connectivity index is 1.97. The third-order valence-electron chi connectivity index (χ3n) is 4.43. The van der Waals surface area contributed by atoms with Crippen molar-refractivity contribution < 1.29 is 0 Å². The number of nitrogens with two attached hydrogens (primary N) is 1. The maximum atomic E-state index is 8.88. The van der Waals surface area contributed by atoms with Crippen molar-refractivity contribution in [3.05, 3.63) is 35.7 Å². The minimum Gasteiger partial charge on any atom is -0.383 e. The Labute approximate surface area is 125 Å². The van der Waals surface area contributed by atoms with Crippen LogP contribution in [0.25, 0.3) is 11.3 Å². The highest BCUT2D eigenvalue weighted by Crippen LogP contribution is 2.35. The summed E-state index contributed by atoms with van der Waals surface area (Å²) >= 11 is 0. The second kappa shape index (κ2) is 5.61. The Kier molecular flexibility index (Phi) is 3.66. The first-order chi connectivity index (χ1) is 10.2. The van der Waals surface area contributed by atoms with Crippen LogP contribution in [0, 0.1) is 11.3 Å². The summed E-state index contributed by atoms with van der Waals surface area (Å²) in [4.78, 5) is 4.81. The van der Waals surface area contributed by atoms with Crippen molar-refractivity contribution in [3.8, 4) is 17.3 Å². The lowest BCUT2D eigenvalue weighted by Gasteiger charge is -2.21. The number of aromatic nitrogens is 2. The second-order valence-corrected chi connectivity index (χ2v) is 5.79. The van der Waals surface area contributed by atoms with Gasteiger partial charge in [0.05, 0.1) is 11.6 Å². The number of benzene rings is 1. The Bertz CT molecular complexity index is 670. The van der Waals surface area contributed by atoms with Crippen LogP contribution in [0.1, 0.15) is 49.4 Å². The minimum absolute atomic E-state index is 0.526. The molecule has 1 fully saturated rings. The van der Waals surface area contributed by atoms with Crippen LogP contribution in [0.5, 0.6) is 0 Å². The maximum Gasteiger partial charge on any atom is 0.131 e. The van der Waals surface area contributed by atoms with E-state index in [2.05, 4.69) is 6.07 Å². The van der Waals surface area contributed by atoms with Crippen LogP contribution < -0.4 is 5.73 Å². The fraction of sp³-hybridized carbons (Fsp3) is 0.412. The van der Waals surface area contributed by atoms with Gasteiger partial charge in [-0.3, -0.25) is 0 Å². The average Bonchev–Trinajstić information content (AvgIpc) is 2.84. The van der Waals surface area contributed by atoms with Gasteiger partial charge < -0.3 is 10.3 Å². The van der Waals surface area contributed by atoms with E-state index in [0.717, 1.165) is 17.1 Å². The summed E-state index contributed by atoms with van der Waals surface area (Å²) in [7, 11) is 2.00. The van der Waals surface area contributed by atoms with Crippen molar-refractivity contribution in [2.45, 2.75) is 38.0 Å². The van der Waals surface area contributed by atoms with Crippen molar-refractivity contribution in [1.82, 2.24) is 9.55 Å². The van der Waals surface area contributed by atoms with Gasteiger partial charge in [0.15, 0.2) is 0 Å². The number of nitrogen functional groups attached to an aromatic ring is 1. The standard InChI is InChI=1S/C17H20N4/c1-21-16(19)15(13-9-7-12(11-18)8-10-13)20-17(21)14-5-3-2-4-6-14/h7-10,14H,2-6,19H2,1H3. The van der Waals surface area contributed by atoms with Gasteiger partial charge in [-0.15, -0.1) is 0 Å². The number of nitriles is 1. The molecule has 2 N–H and O–H groups in total. The zero-order chi connectivity index (χ0) is 14.8. The summed E-state index contributed by atoms with van der Waals surface area (Å²) in [5.41, 5.74) is 8.71. The maximum absolute atomic E-state index is 8.88. The second-order valence-electron chi connectivity index (χ2n) is 5.79. The lowest BCUT2D eigenvalue weighted by Crippen LogP contribution is -2.11. The highest BCUT2D eigenvalue weighted by Gasteiger charge is 2.23. The molecule has 2 aromatic rings. The van der Waals surface area contributed by atoms with Crippen LogP contribution in [-0.4, -0.2) is 9.55 Å². The van der Waals surface area contributed by atoms with Crippen LogP contribution in [0.2, 0.25) is 0 Å². The summed E-state index contributed by atoms with van der Waals surface area (Å²) in [5, 5.41) is 8.88. The first-order valence-corrected chi connectivity index (χ1v) is 7.53. The molecule has 0 aliphatic heterocycles. The average molecular weight is 280 g/mol. The fourth-order valence-electron chi connectivity index (χ4n) is 3.17. The topological polar surface area (TPSA) is 67.6 Å². The molecule has 0 amide bonds. The summed E-state index contributed by atoms with van der Waals surface area (Å²) in [5.74, 6) is 2.34. The highest BCUT2D eigenvalue weighted by molar-refractivity contribution is 5.71. The largest absolute Gasteiger partial charge is 0.383 e. The summed E-state index contributed by atoms with van der Waals surface area (Å²) in [6.45, 7) is 0.